The van der Waals surface area contributed by atoms with Crippen LogP contribution in [-0.2, 0) is 6.54 Å². The maximum absolute atomic E-state index is 13.1. The average Bonchev–Trinajstić information content (AvgIpc) is 2.58. The minimum absolute atomic E-state index is 0.168. The van der Waals surface area contributed by atoms with Gasteiger partial charge in [-0.15, -0.1) is 0 Å². The Balaban J connectivity index is 1.44. The first-order valence-corrected chi connectivity index (χ1v) is 9.06. The molecule has 0 aromatic heterocycles. The molecule has 2 fully saturated rings. The molecule has 4 rings (SSSR count). The fourth-order valence-electron chi connectivity index (χ4n) is 4.48. The van der Waals surface area contributed by atoms with E-state index in [4.69, 9.17) is 0 Å². The number of halogens is 1. The zero-order valence-corrected chi connectivity index (χ0v) is 14.0. The van der Waals surface area contributed by atoms with E-state index in [2.05, 4.69) is 40.5 Å². The Bertz CT molecular complexity index is 641. The fourth-order valence-corrected chi connectivity index (χ4v) is 4.48. The molecule has 0 unspecified atom stereocenters. The molecule has 2 aromatic carbocycles. The highest BCUT2D eigenvalue weighted by Gasteiger charge is 2.39. The van der Waals surface area contributed by atoms with Crippen LogP contribution in [0.25, 0.3) is 0 Å². The first kappa shape index (κ1) is 15.6. The van der Waals surface area contributed by atoms with Crippen LogP contribution in [0.15, 0.2) is 54.6 Å². The first-order valence-electron chi connectivity index (χ1n) is 9.06. The van der Waals surface area contributed by atoms with Crippen molar-refractivity contribution in [2.75, 3.05) is 18.4 Å². The van der Waals surface area contributed by atoms with Crippen LogP contribution in [0.3, 0.4) is 0 Å². The molecule has 126 valence electrons. The molecule has 1 heterocycles. The highest BCUT2D eigenvalue weighted by atomic mass is 19.1. The average molecular weight is 324 g/mol. The summed E-state index contributed by atoms with van der Waals surface area (Å²) in [5.74, 6) is 1.20. The van der Waals surface area contributed by atoms with Gasteiger partial charge in [0.05, 0.1) is 0 Å². The Morgan fingerprint density at radius 1 is 0.917 bits per heavy atom. The molecule has 2 aliphatic rings. The van der Waals surface area contributed by atoms with Gasteiger partial charge in [-0.2, -0.15) is 0 Å². The number of nitrogens with zero attached hydrogens (tertiary/aromatic N) is 1. The van der Waals surface area contributed by atoms with E-state index >= 15 is 0 Å². The number of hydrogen-bond donors (Lipinski definition) is 1. The van der Waals surface area contributed by atoms with E-state index < -0.39 is 0 Å². The lowest BCUT2D eigenvalue weighted by Gasteiger charge is -2.48. The summed E-state index contributed by atoms with van der Waals surface area (Å²) >= 11 is 0. The van der Waals surface area contributed by atoms with Crippen molar-refractivity contribution in [1.29, 1.82) is 0 Å². The van der Waals surface area contributed by atoms with Gasteiger partial charge in [0.15, 0.2) is 0 Å². The van der Waals surface area contributed by atoms with Gasteiger partial charge in [0.1, 0.15) is 5.82 Å². The number of nitrogens with one attached hydrogen (secondary N) is 1. The third-order valence-electron chi connectivity index (χ3n) is 5.58. The second-order valence-corrected chi connectivity index (χ2v) is 7.31. The molecule has 1 saturated carbocycles. The lowest BCUT2D eigenvalue weighted by Crippen LogP contribution is -2.54. The van der Waals surface area contributed by atoms with Crippen LogP contribution in [0.2, 0.25) is 0 Å². The van der Waals surface area contributed by atoms with Crippen molar-refractivity contribution >= 4 is 5.69 Å². The van der Waals surface area contributed by atoms with Gasteiger partial charge in [0, 0.05) is 31.4 Å². The van der Waals surface area contributed by atoms with E-state index in [9.17, 15) is 4.39 Å². The number of likely N-dealkylation sites (tertiary alicyclic amines) is 1. The summed E-state index contributed by atoms with van der Waals surface area (Å²) in [7, 11) is 0. The van der Waals surface area contributed by atoms with Crippen LogP contribution in [0.4, 0.5) is 10.1 Å². The van der Waals surface area contributed by atoms with Gasteiger partial charge >= 0.3 is 0 Å². The molecule has 1 aliphatic heterocycles. The first-order chi connectivity index (χ1) is 11.8. The third-order valence-corrected chi connectivity index (χ3v) is 5.58. The van der Waals surface area contributed by atoms with Crippen LogP contribution in [0.5, 0.6) is 0 Å². The highest BCUT2D eigenvalue weighted by Crippen LogP contribution is 2.37. The summed E-state index contributed by atoms with van der Waals surface area (Å²) in [6.45, 7) is 3.37. The highest BCUT2D eigenvalue weighted by molar-refractivity contribution is 5.44. The molecule has 2 bridgehead atoms. The number of benzene rings is 2. The van der Waals surface area contributed by atoms with Gasteiger partial charge in [-0.3, -0.25) is 4.90 Å². The zero-order chi connectivity index (χ0) is 16.4. The van der Waals surface area contributed by atoms with Crippen molar-refractivity contribution < 1.29 is 4.39 Å². The Labute approximate surface area is 143 Å². The summed E-state index contributed by atoms with van der Waals surface area (Å²) in [6.07, 6.45) is 3.93. The van der Waals surface area contributed by atoms with Crippen molar-refractivity contribution in [2.24, 2.45) is 11.8 Å². The van der Waals surface area contributed by atoms with Crippen molar-refractivity contribution in [3.63, 3.8) is 0 Å². The van der Waals surface area contributed by atoms with Gasteiger partial charge < -0.3 is 5.32 Å². The van der Waals surface area contributed by atoms with E-state index in [-0.39, 0.29) is 5.82 Å². The lowest BCUT2D eigenvalue weighted by molar-refractivity contribution is 0.0670. The van der Waals surface area contributed by atoms with Crippen LogP contribution < -0.4 is 5.32 Å². The van der Waals surface area contributed by atoms with Crippen molar-refractivity contribution in [2.45, 2.75) is 31.8 Å². The number of anilines is 1. The SMILES string of the molecule is Fc1ccc(NC2[C@@H]3CCC[C@@H]2CN(Cc2ccccc2)C3)cc1. The predicted molar refractivity (Wildman–Crippen MR) is 96.4 cm³/mol. The Morgan fingerprint density at radius 3 is 2.25 bits per heavy atom. The second kappa shape index (κ2) is 6.94. The van der Waals surface area contributed by atoms with Crippen LogP contribution in [0.1, 0.15) is 24.8 Å². The summed E-state index contributed by atoms with van der Waals surface area (Å²) in [5, 5.41) is 3.70. The molecule has 3 heteroatoms. The zero-order valence-electron chi connectivity index (χ0n) is 14.0. The molecule has 2 nitrogen and oxygen atoms in total. The molecule has 24 heavy (non-hydrogen) atoms. The van der Waals surface area contributed by atoms with Crippen molar-refractivity contribution in [1.82, 2.24) is 4.90 Å². The van der Waals surface area contributed by atoms with E-state index in [1.54, 1.807) is 12.1 Å². The largest absolute Gasteiger partial charge is 0.382 e. The monoisotopic (exact) mass is 324 g/mol. The summed E-state index contributed by atoms with van der Waals surface area (Å²) in [6, 6.07) is 18.1. The van der Waals surface area contributed by atoms with Crippen molar-refractivity contribution in [3.05, 3.63) is 66.0 Å². The molecule has 1 saturated heterocycles. The Morgan fingerprint density at radius 2 is 1.58 bits per heavy atom. The van der Waals surface area contributed by atoms with E-state index in [1.807, 2.05) is 12.1 Å². The van der Waals surface area contributed by atoms with Crippen LogP contribution in [0, 0.1) is 17.7 Å². The number of hydrogen-bond acceptors (Lipinski definition) is 2. The summed E-state index contributed by atoms with van der Waals surface area (Å²) in [4.78, 5) is 2.62. The molecular formula is C21H25FN2. The maximum atomic E-state index is 13.1. The van der Waals surface area contributed by atoms with E-state index in [0.717, 1.165) is 25.3 Å². The van der Waals surface area contributed by atoms with Gasteiger partial charge in [-0.1, -0.05) is 36.8 Å². The van der Waals surface area contributed by atoms with E-state index in [1.165, 1.54) is 24.8 Å². The minimum Gasteiger partial charge on any atom is -0.382 e. The number of rotatable bonds is 4. The number of piperidine rings is 1. The topological polar surface area (TPSA) is 15.3 Å². The number of fused-ring (bicyclic) bond motifs is 2. The molecule has 1 aliphatic carbocycles. The Hall–Kier alpha value is -1.87. The standard InChI is InChI=1S/C21H25FN2/c22-19-9-11-20(12-10-19)23-21-17-7-4-8-18(21)15-24(14-17)13-16-5-2-1-3-6-16/h1-3,5-6,9-12,17-18,21,23H,4,7-8,13-15H2/t17-,18-/m1/s1. The normalized spacial score (nSPS) is 27.0. The molecule has 2 atom stereocenters. The van der Waals surface area contributed by atoms with Gasteiger partial charge in [-0.05, 0) is 54.5 Å². The van der Waals surface area contributed by atoms with Gasteiger partial charge in [0.25, 0.3) is 0 Å². The lowest BCUT2D eigenvalue weighted by atomic mass is 9.73. The molecule has 2 aromatic rings. The summed E-state index contributed by atoms with van der Waals surface area (Å²) in [5.41, 5.74) is 2.45. The fraction of sp³-hybridized carbons (Fsp3) is 0.429. The molecule has 0 amide bonds. The smallest absolute Gasteiger partial charge is 0.123 e. The molecular weight excluding hydrogens is 299 g/mol. The Kier molecular flexibility index (Phi) is 4.52. The molecule has 1 N–H and O–H groups in total. The van der Waals surface area contributed by atoms with Crippen LogP contribution in [-0.4, -0.2) is 24.0 Å². The van der Waals surface area contributed by atoms with E-state index in [0.29, 0.717) is 17.9 Å². The minimum atomic E-state index is -0.168. The van der Waals surface area contributed by atoms with Crippen LogP contribution >= 0.6 is 0 Å². The predicted octanol–water partition coefficient (Wildman–Crippen LogP) is 4.54. The third kappa shape index (κ3) is 3.46. The maximum Gasteiger partial charge on any atom is 0.123 e. The summed E-state index contributed by atoms with van der Waals surface area (Å²) < 4.78 is 13.1. The van der Waals surface area contributed by atoms with Gasteiger partial charge in [0.2, 0.25) is 0 Å². The van der Waals surface area contributed by atoms with Crippen molar-refractivity contribution in [3.8, 4) is 0 Å². The molecule has 0 radical (unpaired) electrons. The second-order valence-electron chi connectivity index (χ2n) is 7.31. The quantitative estimate of drug-likeness (QED) is 0.888. The molecule has 0 spiro atoms. The van der Waals surface area contributed by atoms with Gasteiger partial charge in [-0.25, -0.2) is 4.39 Å².